The van der Waals surface area contributed by atoms with E-state index in [0.29, 0.717) is 28.1 Å². The van der Waals surface area contributed by atoms with Crippen LogP contribution in [0.5, 0.6) is 0 Å². The molecule has 0 saturated carbocycles. The van der Waals surface area contributed by atoms with Crippen molar-refractivity contribution in [3.8, 4) is 11.1 Å². The zero-order valence-electron chi connectivity index (χ0n) is 26.0. The minimum atomic E-state index is -3.92. The van der Waals surface area contributed by atoms with Gasteiger partial charge in [0.15, 0.2) is 6.23 Å². The summed E-state index contributed by atoms with van der Waals surface area (Å²) in [5, 5.41) is 8.32. The number of amides is 3. The molecule has 0 aliphatic heterocycles. The quantitative estimate of drug-likeness (QED) is 0.106. The number of benzene rings is 4. The van der Waals surface area contributed by atoms with Crippen molar-refractivity contribution in [1.82, 2.24) is 4.90 Å². The Hall–Kier alpha value is -5.04. The molecule has 0 saturated heterocycles. The van der Waals surface area contributed by atoms with Crippen molar-refractivity contribution in [2.75, 3.05) is 23.3 Å². The Morgan fingerprint density at radius 1 is 0.891 bits per heavy atom. The molecular formula is C34H38N6O5S. The number of anilines is 2. The zero-order chi connectivity index (χ0) is 33.3. The second-order valence-corrected chi connectivity index (χ2v) is 11.9. The van der Waals surface area contributed by atoms with E-state index in [4.69, 9.17) is 15.6 Å². The van der Waals surface area contributed by atoms with Crippen LogP contribution in [0.25, 0.3) is 11.1 Å². The SMILES string of the molecule is CCN(CC)C(C)OC(=O)N=C(N)c1cccc(CN(C(=O)Nc2ccc(-c3ccccc3S(N)(=O)=O)cc2)c2ccccc2)c1. The van der Waals surface area contributed by atoms with Gasteiger partial charge in [-0.25, -0.2) is 23.1 Å². The summed E-state index contributed by atoms with van der Waals surface area (Å²) in [6.45, 7) is 7.36. The van der Waals surface area contributed by atoms with Crippen LogP contribution in [0.2, 0.25) is 0 Å². The lowest BCUT2D eigenvalue weighted by molar-refractivity contribution is 0.00940. The molecule has 0 fully saturated rings. The maximum atomic E-state index is 13.6. The molecule has 5 N–H and O–H groups in total. The normalized spacial score (nSPS) is 12.4. The van der Waals surface area contributed by atoms with Gasteiger partial charge in [-0.3, -0.25) is 9.80 Å². The molecule has 4 aromatic carbocycles. The maximum absolute atomic E-state index is 13.6. The van der Waals surface area contributed by atoms with Gasteiger partial charge in [-0.1, -0.05) is 80.6 Å². The third-order valence-electron chi connectivity index (χ3n) is 7.33. The minimum absolute atomic E-state index is 0.00147. The number of nitrogens with one attached hydrogen (secondary N) is 1. The van der Waals surface area contributed by atoms with E-state index in [1.165, 1.54) is 6.07 Å². The Morgan fingerprint density at radius 2 is 1.54 bits per heavy atom. The Balaban J connectivity index is 1.53. The Labute approximate surface area is 269 Å². The number of carbonyl (C=O) groups excluding carboxylic acids is 2. The summed E-state index contributed by atoms with van der Waals surface area (Å²) in [6.07, 6.45) is -1.23. The number of rotatable bonds is 11. The van der Waals surface area contributed by atoms with E-state index in [-0.39, 0.29) is 17.3 Å². The van der Waals surface area contributed by atoms with Crippen molar-refractivity contribution in [1.29, 1.82) is 0 Å². The average molecular weight is 643 g/mol. The molecule has 0 heterocycles. The molecule has 1 unspecified atom stereocenters. The summed E-state index contributed by atoms with van der Waals surface area (Å²) in [5.74, 6) is -0.00147. The first-order valence-corrected chi connectivity index (χ1v) is 16.3. The van der Waals surface area contributed by atoms with Crippen molar-refractivity contribution in [3.05, 3.63) is 114 Å². The summed E-state index contributed by atoms with van der Waals surface area (Å²) in [7, 11) is -3.92. The van der Waals surface area contributed by atoms with E-state index >= 15 is 0 Å². The topological polar surface area (TPSA) is 160 Å². The number of amidine groups is 1. The van der Waals surface area contributed by atoms with E-state index in [1.54, 1.807) is 72.5 Å². The van der Waals surface area contributed by atoms with Crippen molar-refractivity contribution >= 4 is 39.4 Å². The number of para-hydroxylation sites is 1. The molecule has 0 aliphatic rings. The summed E-state index contributed by atoms with van der Waals surface area (Å²) >= 11 is 0. The smallest absolute Gasteiger partial charge is 0.429 e. The van der Waals surface area contributed by atoms with Gasteiger partial charge in [-0.05, 0) is 67.5 Å². The molecule has 3 amide bonds. The van der Waals surface area contributed by atoms with Crippen LogP contribution in [0.4, 0.5) is 21.0 Å². The van der Waals surface area contributed by atoms with Crippen LogP contribution < -0.4 is 21.1 Å². The highest BCUT2D eigenvalue weighted by Crippen LogP contribution is 2.28. The van der Waals surface area contributed by atoms with E-state index in [2.05, 4.69) is 10.3 Å². The van der Waals surface area contributed by atoms with Crippen LogP contribution in [0.1, 0.15) is 31.9 Å². The lowest BCUT2D eigenvalue weighted by atomic mass is 10.1. The van der Waals surface area contributed by atoms with Crippen LogP contribution in [0.3, 0.4) is 0 Å². The van der Waals surface area contributed by atoms with Gasteiger partial charge in [0.05, 0.1) is 11.4 Å². The monoisotopic (exact) mass is 642 g/mol. The Morgan fingerprint density at radius 3 is 2.20 bits per heavy atom. The molecule has 46 heavy (non-hydrogen) atoms. The van der Waals surface area contributed by atoms with Gasteiger partial charge < -0.3 is 15.8 Å². The number of sulfonamides is 1. The van der Waals surface area contributed by atoms with Gasteiger partial charge in [0.2, 0.25) is 10.0 Å². The molecular weight excluding hydrogens is 604 g/mol. The second kappa shape index (κ2) is 15.3. The van der Waals surface area contributed by atoms with Crippen molar-refractivity contribution in [2.24, 2.45) is 15.9 Å². The second-order valence-electron chi connectivity index (χ2n) is 10.4. The van der Waals surface area contributed by atoms with E-state index < -0.39 is 28.4 Å². The van der Waals surface area contributed by atoms with Gasteiger partial charge in [0, 0.05) is 22.5 Å². The van der Waals surface area contributed by atoms with Crippen LogP contribution in [0.15, 0.2) is 113 Å². The number of aliphatic imine (C=N–C) groups is 1. The molecule has 0 aliphatic carbocycles. The third-order valence-corrected chi connectivity index (χ3v) is 8.30. The number of urea groups is 1. The van der Waals surface area contributed by atoms with Crippen LogP contribution in [-0.4, -0.2) is 50.6 Å². The van der Waals surface area contributed by atoms with Crippen molar-refractivity contribution in [2.45, 2.75) is 38.4 Å². The van der Waals surface area contributed by atoms with Crippen molar-refractivity contribution in [3.63, 3.8) is 0 Å². The summed E-state index contributed by atoms with van der Waals surface area (Å²) in [6, 6.07) is 29.1. The fraction of sp³-hybridized carbons (Fsp3) is 0.206. The first-order chi connectivity index (χ1) is 22.0. The lowest BCUT2D eigenvalue weighted by Gasteiger charge is -2.25. The molecule has 0 aromatic heterocycles. The molecule has 0 radical (unpaired) electrons. The maximum Gasteiger partial charge on any atom is 0.437 e. The van der Waals surface area contributed by atoms with Gasteiger partial charge in [-0.15, -0.1) is 0 Å². The van der Waals surface area contributed by atoms with Gasteiger partial charge in [-0.2, -0.15) is 4.99 Å². The van der Waals surface area contributed by atoms with E-state index in [1.807, 2.05) is 55.1 Å². The number of nitrogens with zero attached hydrogens (tertiary/aromatic N) is 3. The summed E-state index contributed by atoms with van der Waals surface area (Å²) in [4.78, 5) is 33.5. The predicted molar refractivity (Wildman–Crippen MR) is 181 cm³/mol. The van der Waals surface area contributed by atoms with Gasteiger partial charge in [0.1, 0.15) is 5.84 Å². The van der Waals surface area contributed by atoms with Gasteiger partial charge >= 0.3 is 12.1 Å². The molecule has 12 heteroatoms. The highest BCUT2D eigenvalue weighted by molar-refractivity contribution is 7.89. The Kier molecular flexibility index (Phi) is 11.3. The molecule has 1 atom stereocenters. The predicted octanol–water partition coefficient (Wildman–Crippen LogP) is 5.77. The Bertz CT molecular complexity index is 1790. The molecule has 240 valence electrons. The summed E-state index contributed by atoms with van der Waals surface area (Å²) in [5.41, 5.74) is 9.68. The molecule has 0 bridgehead atoms. The zero-order valence-corrected chi connectivity index (χ0v) is 26.8. The first kappa shape index (κ1) is 33.8. The fourth-order valence-corrected chi connectivity index (χ4v) is 5.69. The number of nitrogens with two attached hydrogens (primary N) is 2. The molecule has 4 rings (SSSR count). The number of primary sulfonamides is 1. The average Bonchev–Trinajstić information content (AvgIpc) is 3.04. The van der Waals surface area contributed by atoms with Gasteiger partial charge in [0.25, 0.3) is 0 Å². The van der Waals surface area contributed by atoms with Crippen LogP contribution in [-0.2, 0) is 21.3 Å². The number of ether oxygens (including phenoxy) is 1. The molecule has 11 nitrogen and oxygen atoms in total. The first-order valence-electron chi connectivity index (χ1n) is 14.7. The third kappa shape index (κ3) is 8.78. The molecule has 0 spiro atoms. The largest absolute Gasteiger partial charge is 0.437 e. The minimum Gasteiger partial charge on any atom is -0.429 e. The van der Waals surface area contributed by atoms with E-state index in [9.17, 15) is 18.0 Å². The van der Waals surface area contributed by atoms with Crippen molar-refractivity contribution < 1.29 is 22.7 Å². The molecule has 4 aromatic rings. The van der Waals surface area contributed by atoms with Crippen LogP contribution in [0, 0.1) is 0 Å². The standard InChI is InChI=1S/C34H38N6O5S/c1-4-39(5-2)24(3)45-34(42)38-32(35)27-13-11-12-25(22-27)23-40(29-14-7-6-8-15-29)33(41)37-28-20-18-26(19-21-28)30-16-9-10-17-31(30)46(36,43)44/h6-22,24H,4-5,23H2,1-3H3,(H,37,41)(H2,35,38,42)(H2,36,43,44). The highest BCUT2D eigenvalue weighted by Gasteiger charge is 2.19. The summed E-state index contributed by atoms with van der Waals surface area (Å²) < 4.78 is 29.5. The number of hydrogen-bond acceptors (Lipinski definition) is 6. The fourth-order valence-electron chi connectivity index (χ4n) is 4.92. The number of carbonyl (C=O) groups is 2. The highest BCUT2D eigenvalue weighted by atomic mass is 32.2. The number of hydrogen-bond donors (Lipinski definition) is 3. The van der Waals surface area contributed by atoms with Crippen LogP contribution >= 0.6 is 0 Å². The van der Waals surface area contributed by atoms with E-state index in [0.717, 1.165) is 18.7 Å². The lowest BCUT2D eigenvalue weighted by Crippen LogP contribution is -2.36.